The molecule has 0 saturated heterocycles. The summed E-state index contributed by atoms with van der Waals surface area (Å²) in [4.78, 5) is 13.2. The highest BCUT2D eigenvalue weighted by atomic mass is 32.2. The van der Waals surface area contributed by atoms with E-state index in [1.807, 2.05) is 30.3 Å². The first-order valence-corrected chi connectivity index (χ1v) is 12.4. The van der Waals surface area contributed by atoms with Gasteiger partial charge in [0.05, 0.1) is 43.0 Å². The normalized spacial score (nSPS) is 15.7. The Morgan fingerprint density at radius 3 is 2.51 bits per heavy atom. The lowest BCUT2D eigenvalue weighted by Crippen LogP contribution is -2.39. The molecule has 0 aliphatic carbocycles. The number of benzene rings is 2. The Bertz CT molecular complexity index is 1360. The van der Waals surface area contributed by atoms with Crippen LogP contribution >= 0.6 is 0 Å². The number of sulfonamides is 1. The average molecular weight is 493 g/mol. The molecule has 2 aromatic carbocycles. The number of carbonyl (C=O) groups excluding carboxylic acids is 1. The molecule has 180 valence electrons. The number of nitriles is 1. The summed E-state index contributed by atoms with van der Waals surface area (Å²) in [5.74, 6) is 0.510. The third kappa shape index (κ3) is 5.42. The van der Waals surface area contributed by atoms with E-state index < -0.39 is 22.0 Å². The van der Waals surface area contributed by atoms with Crippen LogP contribution in [0.5, 0.6) is 5.75 Å². The summed E-state index contributed by atoms with van der Waals surface area (Å²) in [5.41, 5.74) is 2.49. The first-order chi connectivity index (χ1) is 16.8. The summed E-state index contributed by atoms with van der Waals surface area (Å²) in [6, 6.07) is 18.7. The number of hydrogen-bond donors (Lipinski definition) is 0. The minimum atomic E-state index is -3.79. The molecule has 2 heterocycles. The number of rotatable bonds is 8. The maximum Gasteiger partial charge on any atom is 0.258 e. The van der Waals surface area contributed by atoms with Crippen LogP contribution in [0.15, 0.2) is 76.4 Å². The van der Waals surface area contributed by atoms with E-state index in [4.69, 9.17) is 14.4 Å². The van der Waals surface area contributed by atoms with Crippen LogP contribution in [0, 0.1) is 11.3 Å². The highest BCUT2D eigenvalue weighted by molar-refractivity contribution is 7.88. The number of likely N-dealkylation sites (N-methyl/N-ethyl adjacent to an activating group) is 1. The van der Waals surface area contributed by atoms with Crippen LogP contribution in [0.4, 0.5) is 0 Å². The van der Waals surface area contributed by atoms with Crippen molar-refractivity contribution in [1.29, 1.82) is 5.26 Å². The number of hydrogen-bond acceptors (Lipinski definition) is 7. The molecule has 0 spiro atoms. The van der Waals surface area contributed by atoms with Gasteiger partial charge in [0.25, 0.3) is 5.91 Å². The molecule has 4 rings (SSSR count). The van der Waals surface area contributed by atoms with E-state index in [-0.39, 0.29) is 12.3 Å². The second-order valence-corrected chi connectivity index (χ2v) is 10.1. The molecule has 1 aromatic heterocycles. The Balaban J connectivity index is 1.52. The number of amides is 1. The fourth-order valence-electron chi connectivity index (χ4n) is 3.76. The van der Waals surface area contributed by atoms with Gasteiger partial charge in [-0.1, -0.05) is 12.1 Å². The van der Waals surface area contributed by atoms with E-state index in [2.05, 4.69) is 5.10 Å². The summed E-state index contributed by atoms with van der Waals surface area (Å²) in [7, 11) is -0.836. The van der Waals surface area contributed by atoms with Crippen molar-refractivity contribution in [3.8, 4) is 11.8 Å². The van der Waals surface area contributed by atoms with Gasteiger partial charge >= 0.3 is 0 Å². The van der Waals surface area contributed by atoms with Crippen LogP contribution in [0.2, 0.25) is 0 Å². The Morgan fingerprint density at radius 1 is 1.20 bits per heavy atom. The number of carbonyl (C=O) groups is 1. The zero-order chi connectivity index (χ0) is 25.0. The third-order valence-corrected chi connectivity index (χ3v) is 7.50. The van der Waals surface area contributed by atoms with Crippen molar-refractivity contribution in [2.75, 3.05) is 20.7 Å². The molecule has 1 aliphatic rings. The number of methoxy groups -OCH3 is 1. The Labute approximate surface area is 203 Å². The van der Waals surface area contributed by atoms with Crippen LogP contribution < -0.4 is 4.74 Å². The number of ether oxygens (including phenoxy) is 1. The molecule has 0 fully saturated rings. The van der Waals surface area contributed by atoms with E-state index >= 15 is 0 Å². The molecule has 0 bridgehead atoms. The molecule has 9 nitrogen and oxygen atoms in total. The van der Waals surface area contributed by atoms with E-state index in [0.717, 1.165) is 9.87 Å². The molecule has 0 saturated carbocycles. The zero-order valence-corrected chi connectivity index (χ0v) is 20.1. The van der Waals surface area contributed by atoms with Gasteiger partial charge in [0.1, 0.15) is 17.6 Å². The second-order valence-electron chi connectivity index (χ2n) is 8.07. The highest BCUT2D eigenvalue weighted by Gasteiger charge is 2.36. The SMILES string of the molecule is COc1ccc(C2=NN(C(=O)CN(C)S(=O)(=O)Cc3ccc(C#N)cc3)C(c3ccco3)C2)cc1. The lowest BCUT2D eigenvalue weighted by Gasteiger charge is -2.23. The van der Waals surface area contributed by atoms with E-state index in [1.165, 1.54) is 18.3 Å². The van der Waals surface area contributed by atoms with E-state index in [9.17, 15) is 13.2 Å². The largest absolute Gasteiger partial charge is 0.497 e. The fraction of sp³-hybridized carbons (Fsp3) is 0.240. The van der Waals surface area contributed by atoms with E-state index in [1.54, 1.807) is 43.5 Å². The fourth-order valence-corrected chi connectivity index (χ4v) is 4.90. The molecule has 1 atom stereocenters. The van der Waals surface area contributed by atoms with Gasteiger partial charge in [-0.2, -0.15) is 14.7 Å². The minimum absolute atomic E-state index is 0.287. The molecule has 35 heavy (non-hydrogen) atoms. The maximum absolute atomic E-state index is 13.2. The van der Waals surface area contributed by atoms with Crippen molar-refractivity contribution in [3.63, 3.8) is 0 Å². The lowest BCUT2D eigenvalue weighted by molar-refractivity contribution is -0.133. The summed E-state index contributed by atoms with van der Waals surface area (Å²) < 4.78 is 37.5. The van der Waals surface area contributed by atoms with Crippen LogP contribution in [0.1, 0.15) is 34.9 Å². The van der Waals surface area contributed by atoms with Gasteiger partial charge in [0, 0.05) is 13.5 Å². The van der Waals surface area contributed by atoms with Crippen molar-refractivity contribution in [2.24, 2.45) is 5.10 Å². The van der Waals surface area contributed by atoms with Crippen molar-refractivity contribution in [2.45, 2.75) is 18.2 Å². The van der Waals surface area contributed by atoms with Crippen molar-refractivity contribution in [3.05, 3.63) is 89.4 Å². The molecule has 1 aliphatic heterocycles. The molecule has 1 amide bonds. The molecule has 1 unspecified atom stereocenters. The Morgan fingerprint density at radius 2 is 1.91 bits per heavy atom. The molecule has 3 aromatic rings. The van der Waals surface area contributed by atoms with Gasteiger partial charge in [-0.05, 0) is 59.7 Å². The summed E-state index contributed by atoms with van der Waals surface area (Å²) in [5, 5.41) is 14.8. The van der Waals surface area contributed by atoms with Gasteiger partial charge in [-0.15, -0.1) is 0 Å². The smallest absolute Gasteiger partial charge is 0.258 e. The van der Waals surface area contributed by atoms with Crippen LogP contribution in [0.25, 0.3) is 0 Å². The second kappa shape index (κ2) is 10.1. The third-order valence-electron chi connectivity index (χ3n) is 5.73. The van der Waals surface area contributed by atoms with Crippen LogP contribution in [-0.4, -0.2) is 50.1 Å². The summed E-state index contributed by atoms with van der Waals surface area (Å²) in [6.45, 7) is -0.380. The topological polar surface area (TPSA) is 116 Å². The zero-order valence-electron chi connectivity index (χ0n) is 19.3. The van der Waals surface area contributed by atoms with Crippen LogP contribution in [0.3, 0.4) is 0 Å². The molecular weight excluding hydrogens is 468 g/mol. The number of furan rings is 1. The summed E-state index contributed by atoms with van der Waals surface area (Å²) in [6.07, 6.45) is 1.95. The first-order valence-electron chi connectivity index (χ1n) is 10.8. The summed E-state index contributed by atoms with van der Waals surface area (Å²) >= 11 is 0. The van der Waals surface area contributed by atoms with Gasteiger partial charge < -0.3 is 9.15 Å². The predicted octanol–water partition coefficient (Wildman–Crippen LogP) is 3.30. The molecule has 10 heteroatoms. The predicted molar refractivity (Wildman–Crippen MR) is 129 cm³/mol. The van der Waals surface area contributed by atoms with Gasteiger partial charge in [0.15, 0.2) is 0 Å². The van der Waals surface area contributed by atoms with E-state index in [0.29, 0.717) is 34.8 Å². The van der Waals surface area contributed by atoms with Gasteiger partial charge in [-0.25, -0.2) is 13.4 Å². The molecule has 0 N–H and O–H groups in total. The molecule has 0 radical (unpaired) electrons. The lowest BCUT2D eigenvalue weighted by atomic mass is 10.0. The number of hydrazone groups is 1. The Kier molecular flexibility index (Phi) is 7.00. The van der Waals surface area contributed by atoms with Crippen molar-refractivity contribution in [1.82, 2.24) is 9.31 Å². The van der Waals surface area contributed by atoms with Crippen molar-refractivity contribution < 1.29 is 22.4 Å². The van der Waals surface area contributed by atoms with Crippen LogP contribution in [-0.2, 0) is 20.6 Å². The standard InChI is InChI=1S/C25H24N4O5S/c1-28(35(31,32)17-19-7-5-18(15-26)6-8-19)16-25(30)29-23(24-4-3-13-34-24)14-22(27-29)20-9-11-21(33-2)12-10-20/h3-13,23H,14,16-17H2,1-2H3. The van der Waals surface area contributed by atoms with Gasteiger partial charge in [0.2, 0.25) is 10.0 Å². The minimum Gasteiger partial charge on any atom is -0.497 e. The monoisotopic (exact) mass is 492 g/mol. The van der Waals surface area contributed by atoms with Crippen molar-refractivity contribution >= 4 is 21.6 Å². The Hall–Kier alpha value is -3.94. The highest BCUT2D eigenvalue weighted by Crippen LogP contribution is 2.33. The molecular formula is C25H24N4O5S. The first kappa shape index (κ1) is 24.2. The quantitative estimate of drug-likeness (QED) is 0.476. The maximum atomic E-state index is 13.2. The number of nitrogens with zero attached hydrogens (tertiary/aromatic N) is 4. The van der Waals surface area contributed by atoms with Gasteiger partial charge in [-0.3, -0.25) is 4.79 Å². The average Bonchev–Trinajstić information content (AvgIpc) is 3.54.